The third-order valence-electron chi connectivity index (χ3n) is 1.56. The maximum absolute atomic E-state index is 8.69. The minimum Gasteiger partial charge on any atom is -0.394 e. The Balaban J connectivity index is 2.82. The molecule has 0 bridgehead atoms. The highest BCUT2D eigenvalue weighted by Gasteiger charge is 2.05. The summed E-state index contributed by atoms with van der Waals surface area (Å²) < 4.78 is 1.90. The molecule has 0 unspecified atom stereocenters. The van der Waals surface area contributed by atoms with Gasteiger partial charge < -0.3 is 15.4 Å². The topological polar surface area (TPSA) is 51.2 Å². The number of nitrogens with two attached hydrogens (primary N) is 1. The molecule has 0 aromatic carbocycles. The predicted octanol–water partition coefficient (Wildman–Crippen LogP) is 0.0172. The fourth-order valence-corrected chi connectivity index (χ4v) is 0.953. The van der Waals surface area contributed by atoms with Crippen molar-refractivity contribution in [2.24, 2.45) is 12.8 Å². The van der Waals surface area contributed by atoms with E-state index in [2.05, 4.69) is 0 Å². The second-order valence-corrected chi connectivity index (χ2v) is 2.33. The Morgan fingerprint density at radius 2 is 2.50 bits per heavy atom. The van der Waals surface area contributed by atoms with E-state index in [1.165, 1.54) is 0 Å². The summed E-state index contributed by atoms with van der Waals surface area (Å²) >= 11 is 0. The third-order valence-corrected chi connectivity index (χ3v) is 1.56. The fraction of sp³-hybridized carbons (Fsp3) is 0.429. The minimum absolute atomic E-state index is 0.00213. The van der Waals surface area contributed by atoms with Gasteiger partial charge in [0, 0.05) is 18.9 Å². The second kappa shape index (κ2) is 2.86. The van der Waals surface area contributed by atoms with E-state index in [-0.39, 0.29) is 12.6 Å². The quantitative estimate of drug-likeness (QED) is 0.608. The minimum atomic E-state index is -0.250. The molecular weight excluding hydrogens is 128 g/mol. The van der Waals surface area contributed by atoms with Gasteiger partial charge in [-0.2, -0.15) is 0 Å². The lowest BCUT2D eigenvalue weighted by Gasteiger charge is -2.08. The Hall–Kier alpha value is -0.800. The van der Waals surface area contributed by atoms with Crippen LogP contribution >= 0.6 is 0 Å². The Bertz CT molecular complexity index is 207. The maximum Gasteiger partial charge on any atom is 0.0684 e. The molecule has 10 heavy (non-hydrogen) atoms. The van der Waals surface area contributed by atoms with Crippen LogP contribution in [0.1, 0.15) is 11.7 Å². The molecule has 0 aliphatic heterocycles. The van der Waals surface area contributed by atoms with Crippen molar-refractivity contribution < 1.29 is 5.11 Å². The monoisotopic (exact) mass is 140 g/mol. The van der Waals surface area contributed by atoms with Crippen LogP contribution in [0.2, 0.25) is 0 Å². The van der Waals surface area contributed by atoms with Gasteiger partial charge >= 0.3 is 0 Å². The maximum atomic E-state index is 8.69. The first-order valence-electron chi connectivity index (χ1n) is 3.23. The molecule has 0 amide bonds. The van der Waals surface area contributed by atoms with E-state index >= 15 is 0 Å². The summed E-state index contributed by atoms with van der Waals surface area (Å²) in [6.07, 6.45) is 1.91. The van der Waals surface area contributed by atoms with Crippen LogP contribution in [-0.4, -0.2) is 16.3 Å². The van der Waals surface area contributed by atoms with Crippen LogP contribution in [0.3, 0.4) is 0 Å². The first kappa shape index (κ1) is 7.31. The van der Waals surface area contributed by atoms with Gasteiger partial charge in [-0.1, -0.05) is 0 Å². The van der Waals surface area contributed by atoms with Gasteiger partial charge in [0.15, 0.2) is 0 Å². The number of hydrogen-bond donors (Lipinski definition) is 2. The summed E-state index contributed by atoms with van der Waals surface area (Å²) in [6, 6.07) is 3.56. The molecule has 3 nitrogen and oxygen atoms in total. The fourth-order valence-electron chi connectivity index (χ4n) is 0.953. The molecule has 0 aliphatic carbocycles. The zero-order valence-electron chi connectivity index (χ0n) is 5.99. The van der Waals surface area contributed by atoms with Gasteiger partial charge in [-0.05, 0) is 12.1 Å². The molecule has 56 valence electrons. The van der Waals surface area contributed by atoms with Crippen LogP contribution in [0, 0.1) is 0 Å². The standard InChI is InChI=1S/C7H12N2O/c1-9-4-2-3-7(9)6(8)5-10/h2-4,6,10H,5,8H2,1H3/t6-/m0/s1. The lowest BCUT2D eigenvalue weighted by molar-refractivity contribution is 0.264. The molecule has 1 heterocycles. The number of rotatable bonds is 2. The van der Waals surface area contributed by atoms with Crippen molar-refractivity contribution in [1.82, 2.24) is 4.57 Å². The highest BCUT2D eigenvalue weighted by molar-refractivity contribution is 5.10. The second-order valence-electron chi connectivity index (χ2n) is 2.33. The molecule has 0 spiro atoms. The van der Waals surface area contributed by atoms with E-state index in [9.17, 15) is 0 Å². The lowest BCUT2D eigenvalue weighted by atomic mass is 10.2. The smallest absolute Gasteiger partial charge is 0.0684 e. The van der Waals surface area contributed by atoms with Crippen LogP contribution < -0.4 is 5.73 Å². The van der Waals surface area contributed by atoms with E-state index in [0.717, 1.165) is 5.69 Å². The molecule has 0 fully saturated rings. The van der Waals surface area contributed by atoms with Crippen molar-refractivity contribution in [1.29, 1.82) is 0 Å². The molecule has 1 rings (SSSR count). The van der Waals surface area contributed by atoms with Crippen molar-refractivity contribution in [3.63, 3.8) is 0 Å². The number of aromatic nitrogens is 1. The molecule has 0 saturated heterocycles. The normalized spacial score (nSPS) is 13.5. The van der Waals surface area contributed by atoms with Gasteiger partial charge in [-0.25, -0.2) is 0 Å². The summed E-state index contributed by atoms with van der Waals surface area (Å²) in [6.45, 7) is -0.00213. The highest BCUT2D eigenvalue weighted by Crippen LogP contribution is 2.07. The van der Waals surface area contributed by atoms with E-state index in [1.807, 2.05) is 29.9 Å². The van der Waals surface area contributed by atoms with Crippen LogP contribution in [-0.2, 0) is 7.05 Å². The molecule has 3 heteroatoms. The summed E-state index contributed by atoms with van der Waals surface area (Å²) in [5.41, 5.74) is 6.53. The Morgan fingerprint density at radius 1 is 1.80 bits per heavy atom. The van der Waals surface area contributed by atoms with Crippen molar-refractivity contribution in [3.05, 3.63) is 24.0 Å². The first-order valence-corrected chi connectivity index (χ1v) is 3.23. The predicted molar refractivity (Wildman–Crippen MR) is 39.4 cm³/mol. The van der Waals surface area contributed by atoms with Gasteiger partial charge in [0.1, 0.15) is 0 Å². The Labute approximate surface area is 60.1 Å². The van der Waals surface area contributed by atoms with E-state index < -0.39 is 0 Å². The SMILES string of the molecule is Cn1cccc1[C@@H](N)CO. The molecule has 0 saturated carbocycles. The van der Waals surface area contributed by atoms with Gasteiger partial charge in [0.25, 0.3) is 0 Å². The van der Waals surface area contributed by atoms with Crippen LogP contribution in [0.15, 0.2) is 18.3 Å². The number of nitrogens with zero attached hydrogens (tertiary/aromatic N) is 1. The number of aliphatic hydroxyl groups excluding tert-OH is 1. The molecule has 1 aromatic heterocycles. The van der Waals surface area contributed by atoms with Crippen molar-refractivity contribution in [2.45, 2.75) is 6.04 Å². The van der Waals surface area contributed by atoms with Crippen molar-refractivity contribution in [3.8, 4) is 0 Å². The molecule has 0 radical (unpaired) electrons. The molecular formula is C7H12N2O. The van der Waals surface area contributed by atoms with Gasteiger partial charge in [0.05, 0.1) is 12.6 Å². The van der Waals surface area contributed by atoms with Gasteiger partial charge in [-0.15, -0.1) is 0 Å². The lowest BCUT2D eigenvalue weighted by Crippen LogP contribution is -2.17. The molecule has 1 atom stereocenters. The van der Waals surface area contributed by atoms with E-state index in [4.69, 9.17) is 10.8 Å². The average Bonchev–Trinajstić information content (AvgIpc) is 2.34. The van der Waals surface area contributed by atoms with Crippen molar-refractivity contribution in [2.75, 3.05) is 6.61 Å². The third kappa shape index (κ3) is 1.20. The van der Waals surface area contributed by atoms with Crippen LogP contribution in [0.4, 0.5) is 0 Å². The zero-order valence-corrected chi connectivity index (χ0v) is 5.99. The molecule has 3 N–H and O–H groups in total. The highest BCUT2D eigenvalue weighted by atomic mass is 16.3. The summed E-state index contributed by atoms with van der Waals surface area (Å²) in [5, 5.41) is 8.69. The summed E-state index contributed by atoms with van der Waals surface area (Å²) in [7, 11) is 1.91. The summed E-state index contributed by atoms with van der Waals surface area (Å²) in [5.74, 6) is 0. The first-order chi connectivity index (χ1) is 4.75. The zero-order chi connectivity index (χ0) is 7.56. The Morgan fingerprint density at radius 3 is 2.90 bits per heavy atom. The van der Waals surface area contributed by atoms with E-state index in [1.54, 1.807) is 0 Å². The van der Waals surface area contributed by atoms with Crippen molar-refractivity contribution >= 4 is 0 Å². The van der Waals surface area contributed by atoms with Crippen LogP contribution in [0.5, 0.6) is 0 Å². The van der Waals surface area contributed by atoms with Gasteiger partial charge in [-0.3, -0.25) is 0 Å². The summed E-state index contributed by atoms with van der Waals surface area (Å²) in [4.78, 5) is 0. The van der Waals surface area contributed by atoms with Gasteiger partial charge in [0.2, 0.25) is 0 Å². The van der Waals surface area contributed by atoms with Crippen LogP contribution in [0.25, 0.3) is 0 Å². The Kier molecular flexibility index (Phi) is 2.09. The number of aliphatic hydroxyl groups is 1. The molecule has 0 aliphatic rings. The number of hydrogen-bond acceptors (Lipinski definition) is 2. The average molecular weight is 140 g/mol. The number of aryl methyl sites for hydroxylation is 1. The molecule has 1 aromatic rings. The largest absolute Gasteiger partial charge is 0.394 e. The van der Waals surface area contributed by atoms with E-state index in [0.29, 0.717) is 0 Å².